The summed E-state index contributed by atoms with van der Waals surface area (Å²) in [6, 6.07) is 6.11. The molecular formula is C19H24N2O8. The Kier molecular flexibility index (Phi) is 9.86. The van der Waals surface area contributed by atoms with Crippen LogP contribution in [0.2, 0.25) is 0 Å². The molecule has 158 valence electrons. The average molecular weight is 408 g/mol. The molecule has 0 radical (unpaired) electrons. The third kappa shape index (κ3) is 9.89. The zero-order valence-electron chi connectivity index (χ0n) is 15.7. The number of hydrogen-bond acceptors (Lipinski definition) is 5. The number of carboxylic acid groups (broad SMARTS) is 3. The zero-order chi connectivity index (χ0) is 21.8. The van der Waals surface area contributed by atoms with Crippen molar-refractivity contribution in [1.29, 1.82) is 0 Å². The second-order valence-electron chi connectivity index (χ2n) is 6.39. The van der Waals surface area contributed by atoms with Crippen LogP contribution < -0.4 is 10.6 Å². The zero-order valence-corrected chi connectivity index (χ0v) is 15.7. The predicted octanol–water partition coefficient (Wildman–Crippen LogP) is 0.403. The molecule has 5 N–H and O–H groups in total. The van der Waals surface area contributed by atoms with Gasteiger partial charge in [-0.25, -0.2) is 4.79 Å². The highest BCUT2D eigenvalue weighted by atomic mass is 16.4. The Morgan fingerprint density at radius 2 is 1.41 bits per heavy atom. The molecule has 0 saturated heterocycles. The van der Waals surface area contributed by atoms with Gasteiger partial charge in [0.05, 0.1) is 0 Å². The fourth-order valence-corrected chi connectivity index (χ4v) is 2.53. The topological polar surface area (TPSA) is 170 Å². The minimum atomic E-state index is -1.27. The second kappa shape index (κ2) is 12.1. The number of carbonyl (C=O) groups excluding carboxylic acids is 2. The first kappa shape index (κ1) is 23.6. The minimum Gasteiger partial charge on any atom is -0.481 e. The van der Waals surface area contributed by atoms with E-state index < -0.39 is 48.2 Å². The molecule has 2 amide bonds. The van der Waals surface area contributed by atoms with Crippen molar-refractivity contribution < 1.29 is 39.3 Å². The van der Waals surface area contributed by atoms with Gasteiger partial charge in [-0.15, -0.1) is 0 Å². The average Bonchev–Trinajstić information content (AvgIpc) is 2.64. The van der Waals surface area contributed by atoms with E-state index in [2.05, 4.69) is 10.6 Å². The third-order valence-corrected chi connectivity index (χ3v) is 3.99. The molecular weight excluding hydrogens is 384 g/mol. The van der Waals surface area contributed by atoms with Crippen molar-refractivity contribution in [2.24, 2.45) is 0 Å². The van der Waals surface area contributed by atoms with Crippen molar-refractivity contribution in [3.63, 3.8) is 0 Å². The van der Waals surface area contributed by atoms with Gasteiger partial charge >= 0.3 is 17.9 Å². The van der Waals surface area contributed by atoms with Crippen molar-refractivity contribution in [3.05, 3.63) is 35.9 Å². The number of carbonyl (C=O) groups is 5. The summed E-state index contributed by atoms with van der Waals surface area (Å²) >= 11 is 0. The highest BCUT2D eigenvalue weighted by Crippen LogP contribution is 2.06. The van der Waals surface area contributed by atoms with E-state index in [0.29, 0.717) is 5.56 Å². The van der Waals surface area contributed by atoms with Crippen LogP contribution in [0, 0.1) is 0 Å². The van der Waals surface area contributed by atoms with Gasteiger partial charge in [-0.1, -0.05) is 30.3 Å². The Morgan fingerprint density at radius 3 is 1.97 bits per heavy atom. The number of benzene rings is 1. The maximum Gasteiger partial charge on any atom is 0.326 e. The smallest absolute Gasteiger partial charge is 0.326 e. The molecule has 1 aromatic rings. The van der Waals surface area contributed by atoms with Crippen molar-refractivity contribution in [3.8, 4) is 0 Å². The van der Waals surface area contributed by atoms with E-state index in [1.54, 1.807) is 30.3 Å². The first-order valence-corrected chi connectivity index (χ1v) is 8.99. The molecule has 0 heterocycles. The SMILES string of the molecule is O=C(O)CCCC(=O)NC(CCC(=O)O)C(=O)NC(Cc1ccccc1)C(=O)O. The fourth-order valence-electron chi connectivity index (χ4n) is 2.53. The van der Waals surface area contributed by atoms with Gasteiger partial charge in [0.15, 0.2) is 0 Å². The number of amides is 2. The molecule has 0 spiro atoms. The highest BCUT2D eigenvalue weighted by Gasteiger charge is 2.27. The first-order chi connectivity index (χ1) is 13.7. The number of aliphatic carboxylic acids is 3. The van der Waals surface area contributed by atoms with Crippen LogP contribution >= 0.6 is 0 Å². The number of rotatable bonds is 13. The summed E-state index contributed by atoms with van der Waals surface area (Å²) in [6.45, 7) is 0. The maximum atomic E-state index is 12.5. The van der Waals surface area contributed by atoms with E-state index in [-0.39, 0.29) is 32.1 Å². The summed E-state index contributed by atoms with van der Waals surface area (Å²) in [5.74, 6) is -4.95. The molecule has 10 heteroatoms. The van der Waals surface area contributed by atoms with E-state index in [1.165, 1.54) is 0 Å². The second-order valence-corrected chi connectivity index (χ2v) is 6.39. The van der Waals surface area contributed by atoms with Crippen LogP contribution in [0.3, 0.4) is 0 Å². The summed E-state index contributed by atoms with van der Waals surface area (Å²) in [5.41, 5.74) is 0.681. The highest BCUT2D eigenvalue weighted by molar-refractivity contribution is 5.90. The largest absolute Gasteiger partial charge is 0.481 e. The summed E-state index contributed by atoms with van der Waals surface area (Å²) in [6.07, 6.45) is -0.957. The molecule has 29 heavy (non-hydrogen) atoms. The molecule has 0 saturated carbocycles. The van der Waals surface area contributed by atoms with Gasteiger partial charge in [-0.05, 0) is 18.4 Å². The van der Waals surface area contributed by atoms with Crippen molar-refractivity contribution in [1.82, 2.24) is 10.6 Å². The molecule has 0 aliphatic carbocycles. The van der Waals surface area contributed by atoms with Gasteiger partial charge in [-0.3, -0.25) is 19.2 Å². The molecule has 2 atom stereocenters. The maximum absolute atomic E-state index is 12.5. The van der Waals surface area contributed by atoms with E-state index in [9.17, 15) is 29.1 Å². The molecule has 0 aliphatic rings. The Bertz CT molecular complexity index is 735. The van der Waals surface area contributed by atoms with E-state index in [1.807, 2.05) is 0 Å². The van der Waals surface area contributed by atoms with E-state index in [4.69, 9.17) is 10.2 Å². The number of carboxylic acids is 3. The summed E-state index contributed by atoms with van der Waals surface area (Å²) < 4.78 is 0. The fraction of sp³-hybridized carbons (Fsp3) is 0.421. The normalized spacial score (nSPS) is 12.4. The third-order valence-electron chi connectivity index (χ3n) is 3.99. The van der Waals surface area contributed by atoms with Crippen LogP contribution in [0.25, 0.3) is 0 Å². The molecule has 2 unspecified atom stereocenters. The minimum absolute atomic E-state index is 0.0140. The monoisotopic (exact) mass is 408 g/mol. The standard InChI is InChI=1S/C19H24N2O8/c22-15(7-4-8-16(23)24)20-13(9-10-17(25)26)18(27)21-14(19(28)29)11-12-5-2-1-3-6-12/h1-3,5-6,13-14H,4,7-11H2,(H,20,22)(H,21,27)(H,23,24)(H,25,26)(H,28,29). The van der Waals surface area contributed by atoms with Gasteiger partial charge in [0.25, 0.3) is 0 Å². The number of nitrogens with one attached hydrogen (secondary N) is 2. The summed E-state index contributed by atoms with van der Waals surface area (Å²) in [5, 5.41) is 31.5. The van der Waals surface area contributed by atoms with Gasteiger partial charge in [0.2, 0.25) is 11.8 Å². The molecule has 0 bridgehead atoms. The van der Waals surface area contributed by atoms with Gasteiger partial charge in [-0.2, -0.15) is 0 Å². The molecule has 10 nitrogen and oxygen atoms in total. The molecule has 1 rings (SSSR count). The Balaban J connectivity index is 2.76. The summed E-state index contributed by atoms with van der Waals surface area (Å²) in [7, 11) is 0. The lowest BCUT2D eigenvalue weighted by Crippen LogP contribution is -2.52. The molecule has 0 aromatic heterocycles. The van der Waals surface area contributed by atoms with Crippen LogP contribution in [-0.4, -0.2) is 57.1 Å². The van der Waals surface area contributed by atoms with Gasteiger partial charge < -0.3 is 26.0 Å². The van der Waals surface area contributed by atoms with Crippen LogP contribution in [0.5, 0.6) is 0 Å². The van der Waals surface area contributed by atoms with Crippen molar-refractivity contribution in [2.75, 3.05) is 0 Å². The van der Waals surface area contributed by atoms with E-state index >= 15 is 0 Å². The van der Waals surface area contributed by atoms with Crippen LogP contribution in [0.15, 0.2) is 30.3 Å². The van der Waals surface area contributed by atoms with Gasteiger partial charge in [0.1, 0.15) is 12.1 Å². The Labute approximate surface area is 166 Å². The van der Waals surface area contributed by atoms with Gasteiger partial charge in [0, 0.05) is 25.7 Å². The van der Waals surface area contributed by atoms with Crippen LogP contribution in [-0.2, 0) is 30.4 Å². The van der Waals surface area contributed by atoms with E-state index in [0.717, 1.165) is 0 Å². The molecule has 1 aromatic carbocycles. The molecule has 0 fully saturated rings. The predicted molar refractivity (Wildman–Crippen MR) is 100.0 cm³/mol. The first-order valence-electron chi connectivity index (χ1n) is 8.99. The number of hydrogen-bond donors (Lipinski definition) is 5. The van der Waals surface area contributed by atoms with Crippen LogP contribution in [0.4, 0.5) is 0 Å². The Morgan fingerprint density at radius 1 is 0.793 bits per heavy atom. The van der Waals surface area contributed by atoms with Crippen molar-refractivity contribution >= 4 is 29.7 Å². The summed E-state index contributed by atoms with van der Waals surface area (Å²) in [4.78, 5) is 57.3. The quantitative estimate of drug-likeness (QED) is 0.312. The van der Waals surface area contributed by atoms with Crippen LogP contribution in [0.1, 0.15) is 37.7 Å². The molecule has 0 aliphatic heterocycles. The lowest BCUT2D eigenvalue weighted by atomic mass is 10.0. The Hall–Kier alpha value is -3.43. The lowest BCUT2D eigenvalue weighted by Gasteiger charge is -2.21. The van der Waals surface area contributed by atoms with Crippen molar-refractivity contribution in [2.45, 2.75) is 50.6 Å². The lowest BCUT2D eigenvalue weighted by molar-refractivity contribution is -0.143.